The van der Waals surface area contributed by atoms with E-state index in [0.717, 1.165) is 27.7 Å². The number of benzene rings is 2. The van der Waals surface area contributed by atoms with Crippen molar-refractivity contribution < 1.29 is 9.59 Å². The maximum atomic E-state index is 12.4. The van der Waals surface area contributed by atoms with E-state index >= 15 is 0 Å². The lowest BCUT2D eigenvalue weighted by Crippen LogP contribution is -2.35. The van der Waals surface area contributed by atoms with E-state index in [1.54, 1.807) is 24.2 Å². The number of para-hydroxylation sites is 1. The first-order chi connectivity index (χ1) is 12.6. The predicted octanol–water partition coefficient (Wildman–Crippen LogP) is 3.39. The van der Waals surface area contributed by atoms with Crippen LogP contribution in [0, 0.1) is 0 Å². The van der Waals surface area contributed by atoms with Gasteiger partial charge in [-0.3, -0.25) is 9.78 Å². The second-order valence-corrected chi connectivity index (χ2v) is 6.42. The average molecular weight is 346 g/mol. The van der Waals surface area contributed by atoms with Crippen LogP contribution in [0.4, 0.5) is 16.2 Å². The summed E-state index contributed by atoms with van der Waals surface area (Å²) < 4.78 is 0. The molecule has 0 saturated carbocycles. The molecule has 1 aromatic heterocycles. The molecule has 3 aromatic rings. The molecule has 0 aliphatic carbocycles. The molecule has 0 bridgehead atoms. The second kappa shape index (κ2) is 6.48. The molecule has 3 amide bonds. The number of fused-ring (bicyclic) bond motifs is 2. The smallest absolute Gasteiger partial charge is 0.321 e. The highest BCUT2D eigenvalue weighted by Gasteiger charge is 2.19. The van der Waals surface area contributed by atoms with E-state index in [2.05, 4.69) is 15.6 Å². The topological polar surface area (TPSA) is 74.3 Å². The Morgan fingerprint density at radius 2 is 2.08 bits per heavy atom. The molecule has 0 saturated heterocycles. The molecule has 2 heterocycles. The molecular formula is C20H18N4O2. The van der Waals surface area contributed by atoms with E-state index in [9.17, 15) is 9.59 Å². The molecule has 1 aliphatic rings. The Morgan fingerprint density at radius 1 is 1.23 bits per heavy atom. The highest BCUT2D eigenvalue weighted by Crippen LogP contribution is 2.25. The number of carbonyl (C=O) groups is 2. The van der Waals surface area contributed by atoms with Crippen LogP contribution in [0.2, 0.25) is 0 Å². The molecule has 6 nitrogen and oxygen atoms in total. The van der Waals surface area contributed by atoms with Crippen molar-refractivity contribution >= 4 is 34.2 Å². The van der Waals surface area contributed by atoms with Gasteiger partial charge in [0.05, 0.1) is 11.9 Å². The van der Waals surface area contributed by atoms with Crippen molar-refractivity contribution in [1.82, 2.24) is 9.88 Å². The number of anilines is 2. The van der Waals surface area contributed by atoms with Crippen LogP contribution in [0.5, 0.6) is 0 Å². The number of amides is 3. The summed E-state index contributed by atoms with van der Waals surface area (Å²) in [5.74, 6) is -0.102. The fourth-order valence-corrected chi connectivity index (χ4v) is 3.07. The van der Waals surface area contributed by atoms with Gasteiger partial charge in [-0.05, 0) is 41.5 Å². The lowest BCUT2D eigenvalue weighted by atomic mass is 10.1. The molecule has 1 aliphatic heterocycles. The van der Waals surface area contributed by atoms with Crippen molar-refractivity contribution in [1.29, 1.82) is 0 Å². The minimum Gasteiger partial charge on any atom is -0.326 e. The van der Waals surface area contributed by atoms with Crippen molar-refractivity contribution in [2.75, 3.05) is 17.7 Å². The lowest BCUT2D eigenvalue weighted by molar-refractivity contribution is -0.115. The molecule has 6 heteroatoms. The Bertz CT molecular complexity index is 1020. The number of urea groups is 1. The highest BCUT2D eigenvalue weighted by atomic mass is 16.2. The summed E-state index contributed by atoms with van der Waals surface area (Å²) >= 11 is 0. The van der Waals surface area contributed by atoms with Gasteiger partial charge >= 0.3 is 6.03 Å². The Labute approximate surface area is 150 Å². The maximum absolute atomic E-state index is 12.4. The van der Waals surface area contributed by atoms with Crippen LogP contribution in [0.3, 0.4) is 0 Å². The van der Waals surface area contributed by atoms with Crippen molar-refractivity contribution in [3.05, 3.63) is 65.9 Å². The Morgan fingerprint density at radius 3 is 2.96 bits per heavy atom. The number of nitrogens with zero attached hydrogens (tertiary/aromatic N) is 2. The summed E-state index contributed by atoms with van der Waals surface area (Å²) in [4.78, 5) is 30.0. The van der Waals surface area contributed by atoms with Crippen LogP contribution in [-0.2, 0) is 17.8 Å². The van der Waals surface area contributed by atoms with Crippen molar-refractivity contribution in [2.24, 2.45) is 0 Å². The minimum absolute atomic E-state index is 0.102. The van der Waals surface area contributed by atoms with E-state index in [1.165, 1.54) is 0 Å². The standard InChI is InChI=1S/C20H18N4O2/c1-24-12-15-10-16(6-7-18(15)23-20(24)26)22-19(25)9-13-8-14-4-2-3-5-17(14)21-11-13/h2-8,10-11H,9,12H2,1H3,(H,22,25)(H,23,26). The Balaban J connectivity index is 1.47. The number of hydrogen-bond donors (Lipinski definition) is 2. The van der Waals surface area contributed by atoms with Crippen molar-refractivity contribution in [3.63, 3.8) is 0 Å². The first kappa shape index (κ1) is 16.1. The molecule has 0 fully saturated rings. The first-order valence-corrected chi connectivity index (χ1v) is 8.37. The summed E-state index contributed by atoms with van der Waals surface area (Å²) in [5.41, 5.74) is 4.25. The van der Waals surface area contributed by atoms with Crippen LogP contribution < -0.4 is 10.6 Å². The fraction of sp³-hybridized carbons (Fsp3) is 0.150. The third-order valence-corrected chi connectivity index (χ3v) is 4.40. The first-order valence-electron chi connectivity index (χ1n) is 8.37. The normalized spacial score (nSPS) is 13.3. The Hall–Kier alpha value is -3.41. The predicted molar refractivity (Wildman–Crippen MR) is 101 cm³/mol. The Kier molecular flexibility index (Phi) is 4.01. The molecule has 0 spiro atoms. The molecule has 2 N–H and O–H groups in total. The molecule has 0 unspecified atom stereocenters. The zero-order valence-corrected chi connectivity index (χ0v) is 14.3. The van der Waals surface area contributed by atoms with Gasteiger partial charge in [0, 0.05) is 36.6 Å². The van der Waals surface area contributed by atoms with Gasteiger partial charge in [-0.25, -0.2) is 4.79 Å². The van der Waals surface area contributed by atoms with Crippen LogP contribution >= 0.6 is 0 Å². The fourth-order valence-electron chi connectivity index (χ4n) is 3.07. The molecule has 0 atom stereocenters. The number of nitrogens with one attached hydrogen (secondary N) is 2. The molecule has 130 valence electrons. The third kappa shape index (κ3) is 3.21. The monoisotopic (exact) mass is 346 g/mol. The zero-order chi connectivity index (χ0) is 18.1. The van der Waals surface area contributed by atoms with E-state index in [-0.39, 0.29) is 18.4 Å². The van der Waals surface area contributed by atoms with Gasteiger partial charge < -0.3 is 15.5 Å². The number of pyridine rings is 1. The summed E-state index contributed by atoms with van der Waals surface area (Å²) in [7, 11) is 1.73. The number of rotatable bonds is 3. The van der Waals surface area contributed by atoms with Gasteiger partial charge in [-0.2, -0.15) is 0 Å². The van der Waals surface area contributed by atoms with E-state index < -0.39 is 0 Å². The van der Waals surface area contributed by atoms with Crippen molar-refractivity contribution in [2.45, 2.75) is 13.0 Å². The molecule has 26 heavy (non-hydrogen) atoms. The van der Waals surface area contributed by atoms with Crippen LogP contribution in [0.25, 0.3) is 10.9 Å². The van der Waals surface area contributed by atoms with Crippen LogP contribution in [0.15, 0.2) is 54.7 Å². The summed E-state index contributed by atoms with van der Waals surface area (Å²) in [6.45, 7) is 0.513. The average Bonchev–Trinajstić information content (AvgIpc) is 2.63. The molecule has 0 radical (unpaired) electrons. The second-order valence-electron chi connectivity index (χ2n) is 6.42. The molecular weight excluding hydrogens is 328 g/mol. The van der Waals surface area contributed by atoms with Crippen molar-refractivity contribution in [3.8, 4) is 0 Å². The van der Waals surface area contributed by atoms with Gasteiger partial charge in [-0.15, -0.1) is 0 Å². The van der Waals surface area contributed by atoms with E-state index in [1.807, 2.05) is 42.5 Å². The van der Waals surface area contributed by atoms with Gasteiger partial charge in [0.25, 0.3) is 0 Å². The summed E-state index contributed by atoms with van der Waals surface area (Å²) in [6.07, 6.45) is 1.99. The van der Waals surface area contributed by atoms with Crippen LogP contribution in [0.1, 0.15) is 11.1 Å². The SMILES string of the molecule is CN1Cc2cc(NC(=O)Cc3cnc4ccccc4c3)ccc2NC1=O. The zero-order valence-electron chi connectivity index (χ0n) is 14.3. The number of aromatic nitrogens is 1. The molecule has 4 rings (SSSR count). The third-order valence-electron chi connectivity index (χ3n) is 4.40. The van der Waals surface area contributed by atoms with E-state index in [0.29, 0.717) is 12.2 Å². The van der Waals surface area contributed by atoms with Crippen LogP contribution in [-0.4, -0.2) is 28.9 Å². The summed E-state index contributed by atoms with van der Waals surface area (Å²) in [6, 6.07) is 15.2. The van der Waals surface area contributed by atoms with Gasteiger partial charge in [-0.1, -0.05) is 18.2 Å². The molecule has 2 aromatic carbocycles. The number of hydrogen-bond acceptors (Lipinski definition) is 3. The van der Waals surface area contributed by atoms with Gasteiger partial charge in [0.15, 0.2) is 0 Å². The van der Waals surface area contributed by atoms with E-state index in [4.69, 9.17) is 0 Å². The summed E-state index contributed by atoms with van der Waals surface area (Å²) in [5, 5.41) is 6.75. The van der Waals surface area contributed by atoms with Gasteiger partial charge in [0.1, 0.15) is 0 Å². The number of carbonyl (C=O) groups excluding carboxylic acids is 2. The highest BCUT2D eigenvalue weighted by molar-refractivity contribution is 5.95. The maximum Gasteiger partial charge on any atom is 0.321 e. The lowest BCUT2D eigenvalue weighted by Gasteiger charge is -2.26. The largest absolute Gasteiger partial charge is 0.326 e. The quantitative estimate of drug-likeness (QED) is 0.763. The van der Waals surface area contributed by atoms with Gasteiger partial charge in [0.2, 0.25) is 5.91 Å². The minimum atomic E-state index is -0.127.